The molecule has 0 aromatic heterocycles. The van der Waals surface area contributed by atoms with Crippen LogP contribution in [0.15, 0.2) is 127 Å². The van der Waals surface area contributed by atoms with Crippen LogP contribution < -0.4 is 46.5 Å². The molecule has 5 unspecified atom stereocenters. The average Bonchev–Trinajstić information content (AvgIpc) is 0.765. The van der Waals surface area contributed by atoms with Crippen molar-refractivity contribution in [3.63, 3.8) is 0 Å². The molecule has 115 heavy (non-hydrogen) atoms. The Labute approximate surface area is 674 Å². The molecule has 33 heteroatoms. The highest BCUT2D eigenvalue weighted by atomic mass is 35.5. The summed E-state index contributed by atoms with van der Waals surface area (Å²) < 4.78 is 45.0. The van der Waals surface area contributed by atoms with Crippen LogP contribution in [0.4, 0.5) is 0 Å². The van der Waals surface area contributed by atoms with E-state index in [1.165, 1.54) is 36.4 Å². The van der Waals surface area contributed by atoms with Crippen molar-refractivity contribution in [2.24, 2.45) is 23.5 Å². The maximum absolute atomic E-state index is 16.4. The minimum atomic E-state index is -2.18. The van der Waals surface area contributed by atoms with Crippen LogP contribution in [0.2, 0.25) is 15.1 Å². The van der Waals surface area contributed by atoms with Crippen molar-refractivity contribution in [3.05, 3.63) is 176 Å². The van der Waals surface area contributed by atoms with Gasteiger partial charge in [0, 0.05) is 71.5 Å². The molecule has 0 saturated carbocycles. The molecule has 0 spiro atoms. The number of amides is 5. The molecule has 7 aliphatic rings. The molecule has 610 valence electrons. The first-order valence-electron chi connectivity index (χ1n) is 37.1. The molecule has 14 rings (SSSR count). The van der Waals surface area contributed by atoms with Crippen molar-refractivity contribution >= 4 is 82.4 Å². The lowest BCUT2D eigenvalue weighted by Crippen LogP contribution is -2.65. The van der Waals surface area contributed by atoms with Crippen LogP contribution in [0.25, 0.3) is 22.3 Å². The second kappa shape index (κ2) is 35.6. The normalized spacial score (nSPS) is 27.3. The first-order chi connectivity index (χ1) is 54.7. The third kappa shape index (κ3) is 18.6. The fourth-order valence-electron chi connectivity index (χ4n) is 15.1. The number of nitrogens with two attached hydrogens (primary N) is 1. The molecular formula is C82H87Cl3N6O24. The molecule has 16 N–H and O–H groups in total. The highest BCUT2D eigenvalue weighted by Crippen LogP contribution is 2.51. The van der Waals surface area contributed by atoms with Gasteiger partial charge in [-0.05, 0) is 138 Å². The molecule has 2 fully saturated rings. The summed E-state index contributed by atoms with van der Waals surface area (Å²) in [5, 5.41) is 120. The van der Waals surface area contributed by atoms with Gasteiger partial charge in [-0.1, -0.05) is 110 Å². The molecule has 18 atom stereocenters. The molecule has 30 nitrogen and oxygen atoms in total. The summed E-state index contributed by atoms with van der Waals surface area (Å²) in [6, 6.07) is 23.5. The van der Waals surface area contributed by atoms with E-state index >= 15 is 24.0 Å². The number of hydrogen-bond acceptors (Lipinski definition) is 25. The van der Waals surface area contributed by atoms with Crippen molar-refractivity contribution in [2.75, 3.05) is 6.61 Å². The maximum Gasteiger partial charge on any atom is 0.295 e. The fourth-order valence-corrected chi connectivity index (χ4v) is 15.7. The highest BCUT2D eigenvalue weighted by Gasteiger charge is 2.52. The fraction of sp³-hybridized carbons (Fsp3) is 0.390. The summed E-state index contributed by atoms with van der Waals surface area (Å²) >= 11 is 20.5. The Morgan fingerprint density at radius 3 is 1.95 bits per heavy atom. The number of rotatable bonds is 18. The van der Waals surface area contributed by atoms with Crippen molar-refractivity contribution in [2.45, 2.75) is 177 Å². The lowest BCUT2D eigenvalue weighted by molar-refractivity contribution is -0.334. The van der Waals surface area contributed by atoms with Crippen LogP contribution >= 0.6 is 34.8 Å². The zero-order chi connectivity index (χ0) is 82.8. The van der Waals surface area contributed by atoms with E-state index in [0.29, 0.717) is 17.9 Å². The average molecular weight is 1650 g/mol. The van der Waals surface area contributed by atoms with E-state index in [-0.39, 0.29) is 75.3 Å². The topological polar surface area (TPSA) is 469 Å². The Hall–Kier alpha value is -10.0. The summed E-state index contributed by atoms with van der Waals surface area (Å²) in [7, 11) is 0. The number of nitrogens with one attached hydrogen (secondary N) is 5. The van der Waals surface area contributed by atoms with Gasteiger partial charge in [-0.15, -0.1) is 0 Å². The number of ketones is 2. The second-order valence-electron chi connectivity index (χ2n) is 29.9. The molecule has 0 radical (unpaired) electrons. The number of benzene rings is 7. The first kappa shape index (κ1) is 84.4. The Morgan fingerprint density at radius 1 is 0.704 bits per heavy atom. The maximum atomic E-state index is 16.4. The van der Waals surface area contributed by atoms with Gasteiger partial charge in [0.1, 0.15) is 77.4 Å². The van der Waals surface area contributed by atoms with E-state index in [1.54, 1.807) is 32.9 Å². The minimum Gasteiger partial charge on any atom is -0.508 e. The van der Waals surface area contributed by atoms with E-state index in [9.17, 15) is 60.3 Å². The number of Topliss-reactive ketones (excluding diaryl/α,β-unsaturated/α-hetero) is 2. The van der Waals surface area contributed by atoms with Gasteiger partial charge in [0.2, 0.25) is 47.8 Å². The monoisotopic (exact) mass is 1640 g/mol. The molecular weight excluding hydrogens is 1560 g/mol. The van der Waals surface area contributed by atoms with Crippen LogP contribution in [0, 0.1) is 17.8 Å². The van der Waals surface area contributed by atoms with Crippen LogP contribution in [-0.2, 0) is 63.8 Å². The van der Waals surface area contributed by atoms with Crippen molar-refractivity contribution in [1.29, 1.82) is 0 Å². The van der Waals surface area contributed by atoms with Gasteiger partial charge >= 0.3 is 0 Å². The van der Waals surface area contributed by atoms with Crippen molar-refractivity contribution in [1.82, 2.24) is 26.6 Å². The zero-order valence-electron chi connectivity index (χ0n) is 62.6. The number of carbonyl (C=O) groups excluding carboxylic acids is 8. The Bertz CT molecular complexity index is 4850. The Morgan fingerprint density at radius 2 is 1.34 bits per heavy atom. The number of aromatic hydroxyl groups is 3. The largest absolute Gasteiger partial charge is 0.508 e. The predicted molar refractivity (Wildman–Crippen MR) is 412 cm³/mol. The molecule has 2 saturated heterocycles. The number of aliphatic hydroxyl groups is 6. The summed E-state index contributed by atoms with van der Waals surface area (Å²) in [5.74, 6) is -16.6. The van der Waals surface area contributed by atoms with Crippen molar-refractivity contribution in [3.8, 4) is 68.2 Å². The van der Waals surface area contributed by atoms with Crippen LogP contribution in [0.5, 0.6) is 46.0 Å². The Balaban J connectivity index is 1.04. The number of primary amides is 1. The van der Waals surface area contributed by atoms with E-state index < -0.39 is 221 Å². The third-order valence-corrected chi connectivity index (χ3v) is 22.1. The minimum absolute atomic E-state index is 0.0186. The SMILES string of the molecule is CC[C@H](CC(C)C)C(=O)N[C@H]1C(=O)C[C@@H](CC(N)=O)C(=O)N[C@H]2C(=O)C[C@@H]3C(=O)N[C@H](C(=O)N[C@H](OC=O)c4cc(O)cc(O)c4-c4cc3ccc4O)[C@H](O)c3ccc(c(Cl)c3)Oc3cc2cc(c3OC2O[C@H](CO)C(O)C(O)[C@H]2O[C@H]2CC(C)(NCc3ccc(-c4ccc(Cl)cc4)cc3)[C@H](O)C(C)O2)Oc2ccc(cc2Cl)[C@H]1O. The third-order valence-electron chi connectivity index (χ3n) is 21.3. The highest BCUT2D eigenvalue weighted by molar-refractivity contribution is 6.32. The smallest absolute Gasteiger partial charge is 0.295 e. The van der Waals surface area contributed by atoms with E-state index in [4.69, 9.17) is 73.7 Å². The molecule has 7 aliphatic heterocycles. The van der Waals surface area contributed by atoms with E-state index in [0.717, 1.165) is 59.2 Å². The number of halogens is 3. The first-order valence-corrected chi connectivity index (χ1v) is 38.3. The standard InChI is InChI=1S/C82H87Cl3N6O24/c1-6-39(21-36(2)3)76(105)89-67-56(97)25-46(28-63(86)99)77(106)88-66-45-26-60(111-58-19-14-43(69(67)100)23-52(58)84)73(115-81-74(72(103)71(102)62(34-92)113-81)114-64-32-82(5,75(104)37(4)110-64)87-33-38-7-9-40(10-8-38)41-11-16-47(83)17-12-41)61(27-45)112-59-20-15-44(24-53(59)85)70(101)68-79(108)91-80(109-35-93)51-29-48(94)30-55(96)65(51)50-22-42(13-18-54(50)95)49(31-57(66)98)78(107)90-68/h7-20,22-24,26-27,29-30,35-37,39,46,49,62,64,66-72,74-75,80-81,87,92,94-96,100-104H,6,21,25,28,31-34H2,1-5H3,(H2,86,99)(H,88,106)(H,89,105)(H,90,107)(H,91,108)/t37?,39-,46+,49+,62-,64+,66-,67+,68+,69-,70-,71?,72?,74-,75-,80-,81?,82?/m1/s1. The van der Waals surface area contributed by atoms with E-state index in [2.05, 4.69) is 26.6 Å². The summed E-state index contributed by atoms with van der Waals surface area (Å²) in [4.78, 5) is 118. The molecule has 0 aliphatic carbocycles. The number of ether oxygens (including phenoxy) is 7. The lowest BCUT2D eigenvalue weighted by Gasteiger charge is -2.48. The summed E-state index contributed by atoms with van der Waals surface area (Å²) in [6.07, 6.45) is -21.7. The summed E-state index contributed by atoms with van der Waals surface area (Å²) in [5.41, 5.74) is 5.34. The van der Waals surface area contributed by atoms with Gasteiger partial charge in [0.25, 0.3) is 6.47 Å². The molecule has 5 amide bonds. The van der Waals surface area contributed by atoms with Gasteiger partial charge < -0.3 is 111 Å². The zero-order valence-corrected chi connectivity index (χ0v) is 64.9. The van der Waals surface area contributed by atoms with Gasteiger partial charge in [0.15, 0.2) is 35.5 Å². The predicted octanol–water partition coefficient (Wildman–Crippen LogP) is 7.72. The second-order valence-corrected chi connectivity index (χ2v) is 31.1. The van der Waals surface area contributed by atoms with Crippen molar-refractivity contribution < 1.29 is 117 Å². The number of aliphatic hydroxyl groups excluding tert-OH is 6. The molecule has 7 aromatic rings. The molecule has 11 bridgehead atoms. The van der Waals surface area contributed by atoms with Crippen LogP contribution in [0.3, 0.4) is 0 Å². The number of hydrogen-bond donors (Lipinski definition) is 15. The van der Waals surface area contributed by atoms with Gasteiger partial charge in [-0.3, -0.25) is 38.4 Å². The van der Waals surface area contributed by atoms with Gasteiger partial charge in [-0.2, -0.15) is 0 Å². The molecule has 7 heterocycles. The van der Waals surface area contributed by atoms with E-state index in [1.807, 2.05) is 50.2 Å². The van der Waals surface area contributed by atoms with Crippen LogP contribution in [0.1, 0.15) is 137 Å². The lowest BCUT2D eigenvalue weighted by atomic mass is 9.84. The van der Waals surface area contributed by atoms with Crippen LogP contribution in [-0.4, -0.2) is 167 Å². The van der Waals surface area contributed by atoms with Gasteiger partial charge in [0.05, 0.1) is 40.7 Å². The number of fused-ring (bicyclic) bond motifs is 15. The number of phenolic OH excluding ortho intramolecular Hbond substituents is 3. The molecule has 7 aromatic carbocycles. The quantitative estimate of drug-likeness (QED) is 0.0365. The van der Waals surface area contributed by atoms with Gasteiger partial charge in [-0.25, -0.2) is 0 Å². The summed E-state index contributed by atoms with van der Waals surface area (Å²) in [6.45, 7) is 7.99. The Kier molecular flexibility index (Phi) is 26.1. The number of carbonyl (C=O) groups is 8. The number of phenols is 3.